The van der Waals surface area contributed by atoms with Crippen LogP contribution in [0, 0.1) is 5.92 Å². The predicted molar refractivity (Wildman–Crippen MR) is 81.8 cm³/mol. The van der Waals surface area contributed by atoms with Crippen LogP contribution in [0.3, 0.4) is 0 Å². The number of hydrogen-bond acceptors (Lipinski definition) is 2. The quantitative estimate of drug-likeness (QED) is 0.798. The molecule has 0 bridgehead atoms. The molecule has 3 N–H and O–H groups in total. The first kappa shape index (κ1) is 14.4. The van der Waals surface area contributed by atoms with E-state index in [0.29, 0.717) is 5.92 Å². The Bertz CT molecular complexity index is 465. The summed E-state index contributed by atoms with van der Waals surface area (Å²) >= 11 is 0. The fourth-order valence-corrected chi connectivity index (χ4v) is 3.15. The van der Waals surface area contributed by atoms with E-state index in [1.807, 2.05) is 18.2 Å². The Labute approximate surface area is 125 Å². The molecule has 1 atom stereocenters. The lowest BCUT2D eigenvalue weighted by Gasteiger charge is -2.27. The molecular formula is C17H24N2O2. The van der Waals surface area contributed by atoms with Gasteiger partial charge in [-0.05, 0) is 50.0 Å². The van der Waals surface area contributed by atoms with Crippen molar-refractivity contribution in [3.63, 3.8) is 0 Å². The number of aliphatic hydroxyl groups is 1. The molecule has 0 heterocycles. The molecule has 3 rings (SSSR count). The summed E-state index contributed by atoms with van der Waals surface area (Å²) in [6.07, 6.45) is 5.51. The van der Waals surface area contributed by atoms with Crippen molar-refractivity contribution in [3.8, 4) is 0 Å². The third-order valence-corrected chi connectivity index (χ3v) is 4.57. The molecule has 0 spiro atoms. The van der Waals surface area contributed by atoms with Crippen LogP contribution in [-0.2, 0) is 0 Å². The highest BCUT2D eigenvalue weighted by Crippen LogP contribution is 2.40. The molecule has 0 aromatic heterocycles. The molecule has 2 saturated carbocycles. The molecule has 1 aromatic rings. The van der Waals surface area contributed by atoms with E-state index in [9.17, 15) is 9.90 Å². The highest BCUT2D eigenvalue weighted by atomic mass is 16.3. The van der Waals surface area contributed by atoms with E-state index in [2.05, 4.69) is 22.8 Å². The molecule has 0 radical (unpaired) electrons. The Balaban J connectivity index is 1.55. The van der Waals surface area contributed by atoms with Gasteiger partial charge in [-0.3, -0.25) is 0 Å². The van der Waals surface area contributed by atoms with Crippen molar-refractivity contribution in [2.24, 2.45) is 5.92 Å². The molecule has 2 amide bonds. The average molecular weight is 288 g/mol. The number of nitrogens with one attached hydrogen (secondary N) is 2. The topological polar surface area (TPSA) is 61.4 Å². The maximum Gasteiger partial charge on any atom is 0.315 e. The fourth-order valence-electron chi connectivity index (χ4n) is 3.15. The van der Waals surface area contributed by atoms with Crippen molar-refractivity contribution in [2.75, 3.05) is 0 Å². The lowest BCUT2D eigenvalue weighted by molar-refractivity contribution is 0.117. The van der Waals surface area contributed by atoms with E-state index < -0.39 is 0 Å². The van der Waals surface area contributed by atoms with Crippen LogP contribution in [0.1, 0.15) is 50.1 Å². The van der Waals surface area contributed by atoms with Gasteiger partial charge in [0.05, 0.1) is 12.1 Å². The first-order chi connectivity index (χ1) is 10.2. The minimum Gasteiger partial charge on any atom is -0.393 e. The third-order valence-electron chi connectivity index (χ3n) is 4.57. The van der Waals surface area contributed by atoms with Gasteiger partial charge in [-0.2, -0.15) is 0 Å². The number of hydrogen-bond donors (Lipinski definition) is 3. The van der Waals surface area contributed by atoms with Crippen molar-refractivity contribution in [1.82, 2.24) is 10.6 Å². The number of urea groups is 1. The predicted octanol–water partition coefficient (Wildman–Crippen LogP) is 2.74. The smallest absolute Gasteiger partial charge is 0.315 e. The van der Waals surface area contributed by atoms with E-state index in [1.165, 1.54) is 18.4 Å². The molecule has 2 aliphatic carbocycles. The number of rotatable bonds is 4. The van der Waals surface area contributed by atoms with Gasteiger partial charge in [-0.15, -0.1) is 0 Å². The minimum absolute atomic E-state index is 0.0721. The van der Waals surface area contributed by atoms with Gasteiger partial charge in [0.2, 0.25) is 0 Å². The Kier molecular flexibility index (Phi) is 4.44. The summed E-state index contributed by atoms with van der Waals surface area (Å²) in [5.41, 5.74) is 1.19. The van der Waals surface area contributed by atoms with Crippen LogP contribution in [0.5, 0.6) is 0 Å². The van der Waals surface area contributed by atoms with E-state index in [1.54, 1.807) is 0 Å². The van der Waals surface area contributed by atoms with E-state index >= 15 is 0 Å². The maximum absolute atomic E-state index is 12.2. The van der Waals surface area contributed by atoms with Crippen molar-refractivity contribution in [1.29, 1.82) is 0 Å². The zero-order valence-electron chi connectivity index (χ0n) is 12.3. The minimum atomic E-state index is -0.186. The number of amides is 2. The maximum atomic E-state index is 12.2. The first-order valence-corrected chi connectivity index (χ1v) is 8.02. The Hall–Kier alpha value is -1.55. The summed E-state index contributed by atoms with van der Waals surface area (Å²) < 4.78 is 0. The molecule has 0 saturated heterocycles. The lowest BCUT2D eigenvalue weighted by atomic mass is 9.93. The van der Waals surface area contributed by atoms with Crippen LogP contribution < -0.4 is 10.6 Å². The second kappa shape index (κ2) is 6.48. The lowest BCUT2D eigenvalue weighted by Crippen LogP contribution is -2.45. The molecular weight excluding hydrogens is 264 g/mol. The first-order valence-electron chi connectivity index (χ1n) is 8.02. The summed E-state index contributed by atoms with van der Waals surface area (Å²) in [5.74, 6) is 0.575. The number of carbonyl (C=O) groups is 1. The standard InChI is InChI=1S/C17H24N2O2/c20-15-10-8-14(9-11-15)18-17(21)19-16(13-6-7-13)12-4-2-1-3-5-12/h1-5,13-16,20H,6-11H2,(H2,18,19,21)/t14?,15?,16-/m1/s1. The summed E-state index contributed by atoms with van der Waals surface area (Å²) in [4.78, 5) is 12.2. The highest BCUT2D eigenvalue weighted by Gasteiger charge is 2.33. The van der Waals surface area contributed by atoms with Gasteiger partial charge in [-0.25, -0.2) is 4.79 Å². The van der Waals surface area contributed by atoms with Crippen molar-refractivity contribution in [3.05, 3.63) is 35.9 Å². The largest absolute Gasteiger partial charge is 0.393 e. The summed E-state index contributed by atoms with van der Waals surface area (Å²) in [6.45, 7) is 0. The second-order valence-corrected chi connectivity index (χ2v) is 6.35. The molecule has 114 valence electrons. The van der Waals surface area contributed by atoms with Gasteiger partial charge < -0.3 is 15.7 Å². The van der Waals surface area contributed by atoms with Crippen LogP contribution >= 0.6 is 0 Å². The number of carbonyl (C=O) groups excluding carboxylic acids is 1. The van der Waals surface area contributed by atoms with Crippen molar-refractivity contribution >= 4 is 6.03 Å². The summed E-state index contributed by atoms with van der Waals surface area (Å²) in [7, 11) is 0. The monoisotopic (exact) mass is 288 g/mol. The van der Waals surface area contributed by atoms with Gasteiger partial charge >= 0.3 is 6.03 Å². The average Bonchev–Trinajstić information content (AvgIpc) is 3.33. The molecule has 0 unspecified atom stereocenters. The Morgan fingerprint density at radius 2 is 1.71 bits per heavy atom. The molecule has 2 fully saturated rings. The molecule has 21 heavy (non-hydrogen) atoms. The highest BCUT2D eigenvalue weighted by molar-refractivity contribution is 5.75. The molecule has 4 heteroatoms. The summed E-state index contributed by atoms with van der Waals surface area (Å²) in [6, 6.07) is 10.5. The van der Waals surface area contributed by atoms with Gasteiger partial charge in [0.15, 0.2) is 0 Å². The number of benzene rings is 1. The van der Waals surface area contributed by atoms with Gasteiger partial charge in [0.1, 0.15) is 0 Å². The number of aliphatic hydroxyl groups excluding tert-OH is 1. The second-order valence-electron chi connectivity index (χ2n) is 6.35. The molecule has 2 aliphatic rings. The van der Waals surface area contributed by atoms with E-state index in [0.717, 1.165) is 25.7 Å². The third kappa shape index (κ3) is 3.97. The fraction of sp³-hybridized carbons (Fsp3) is 0.588. The van der Waals surface area contributed by atoms with E-state index in [-0.39, 0.29) is 24.2 Å². The normalized spacial score (nSPS) is 26.9. The van der Waals surface area contributed by atoms with Gasteiger partial charge in [0.25, 0.3) is 0 Å². The van der Waals surface area contributed by atoms with Crippen LogP contribution in [0.2, 0.25) is 0 Å². The van der Waals surface area contributed by atoms with Crippen molar-refractivity contribution in [2.45, 2.75) is 56.7 Å². The molecule has 1 aromatic carbocycles. The Morgan fingerprint density at radius 1 is 1.05 bits per heavy atom. The molecule has 0 aliphatic heterocycles. The Morgan fingerprint density at radius 3 is 2.33 bits per heavy atom. The van der Waals surface area contributed by atoms with Crippen LogP contribution in [0.4, 0.5) is 4.79 Å². The van der Waals surface area contributed by atoms with Crippen LogP contribution in [0.25, 0.3) is 0 Å². The zero-order valence-corrected chi connectivity index (χ0v) is 12.3. The summed E-state index contributed by atoms with van der Waals surface area (Å²) in [5, 5.41) is 15.7. The van der Waals surface area contributed by atoms with E-state index in [4.69, 9.17) is 0 Å². The molecule has 4 nitrogen and oxygen atoms in total. The van der Waals surface area contributed by atoms with Gasteiger partial charge in [-0.1, -0.05) is 30.3 Å². The van der Waals surface area contributed by atoms with Crippen molar-refractivity contribution < 1.29 is 9.90 Å². The zero-order chi connectivity index (χ0) is 14.7. The van der Waals surface area contributed by atoms with Gasteiger partial charge in [0, 0.05) is 6.04 Å². The van der Waals surface area contributed by atoms with Crippen LogP contribution in [0.15, 0.2) is 30.3 Å². The van der Waals surface area contributed by atoms with Crippen LogP contribution in [-0.4, -0.2) is 23.3 Å². The SMILES string of the molecule is O=C(NC1CCC(O)CC1)N[C@H](c1ccccc1)C1CC1.